The molecule has 0 saturated heterocycles. The molecule has 1 aromatic carbocycles. The number of nitrogens with zero attached hydrogens (tertiary/aromatic N) is 1. The minimum Gasteiger partial charge on any atom is -0.468 e. The van der Waals surface area contributed by atoms with Gasteiger partial charge in [-0.15, -0.1) is 6.58 Å². The first-order chi connectivity index (χ1) is 11.7. The van der Waals surface area contributed by atoms with Crippen molar-refractivity contribution >= 4 is 11.9 Å². The molecule has 0 unspecified atom stereocenters. The van der Waals surface area contributed by atoms with Crippen molar-refractivity contribution in [3.63, 3.8) is 0 Å². The Hall–Kier alpha value is -2.86. The fraction of sp³-hybridized carbons (Fsp3) is 0.222. The van der Waals surface area contributed by atoms with E-state index in [4.69, 9.17) is 4.42 Å². The van der Waals surface area contributed by atoms with Crippen LogP contribution in [0.2, 0.25) is 0 Å². The lowest BCUT2D eigenvalue weighted by atomic mass is 10.2. The topological polar surface area (TPSA) is 74.6 Å². The van der Waals surface area contributed by atoms with Gasteiger partial charge in [0.2, 0.25) is 5.91 Å². The molecule has 0 fully saturated rings. The van der Waals surface area contributed by atoms with E-state index >= 15 is 0 Å². The zero-order valence-corrected chi connectivity index (χ0v) is 13.4. The van der Waals surface area contributed by atoms with Gasteiger partial charge in [-0.25, -0.2) is 4.79 Å². The normalized spacial score (nSPS) is 10.4. The molecule has 0 bridgehead atoms. The molecule has 24 heavy (non-hydrogen) atoms. The van der Waals surface area contributed by atoms with Gasteiger partial charge in [0.25, 0.3) is 0 Å². The first-order valence-electron chi connectivity index (χ1n) is 7.64. The van der Waals surface area contributed by atoms with Crippen molar-refractivity contribution < 1.29 is 14.0 Å². The zero-order chi connectivity index (χ0) is 17.2. The number of carbonyl (C=O) groups excluding carboxylic acids is 2. The predicted octanol–water partition coefficient (Wildman–Crippen LogP) is 2.29. The zero-order valence-electron chi connectivity index (χ0n) is 13.4. The van der Waals surface area contributed by atoms with E-state index in [0.717, 1.165) is 11.3 Å². The summed E-state index contributed by atoms with van der Waals surface area (Å²) in [5, 5.41) is 4.81. The Balaban J connectivity index is 1.95. The average molecular weight is 327 g/mol. The van der Waals surface area contributed by atoms with Gasteiger partial charge in [-0.05, 0) is 17.7 Å². The lowest BCUT2D eigenvalue weighted by molar-refractivity contribution is -0.121. The SMILES string of the molecule is C=CCNC(=O)NC(=O)CN(Cc1ccccc1)Cc1ccco1. The summed E-state index contributed by atoms with van der Waals surface area (Å²) in [5.41, 5.74) is 1.08. The van der Waals surface area contributed by atoms with Crippen molar-refractivity contribution in [2.75, 3.05) is 13.1 Å². The van der Waals surface area contributed by atoms with Gasteiger partial charge in [0, 0.05) is 13.1 Å². The molecule has 3 amide bonds. The van der Waals surface area contributed by atoms with E-state index in [0.29, 0.717) is 19.6 Å². The summed E-state index contributed by atoms with van der Waals surface area (Å²) in [4.78, 5) is 25.5. The third-order valence-corrected chi connectivity index (χ3v) is 3.24. The molecular formula is C18H21N3O3. The molecule has 0 atom stereocenters. The number of hydrogen-bond acceptors (Lipinski definition) is 4. The molecular weight excluding hydrogens is 306 g/mol. The van der Waals surface area contributed by atoms with Crippen LogP contribution in [-0.2, 0) is 17.9 Å². The second kappa shape index (κ2) is 9.32. The van der Waals surface area contributed by atoms with Crippen LogP contribution in [0, 0.1) is 0 Å². The molecule has 6 heteroatoms. The van der Waals surface area contributed by atoms with E-state index in [1.807, 2.05) is 41.3 Å². The van der Waals surface area contributed by atoms with Gasteiger partial charge < -0.3 is 9.73 Å². The fourth-order valence-electron chi connectivity index (χ4n) is 2.21. The molecule has 2 N–H and O–H groups in total. The highest BCUT2D eigenvalue weighted by molar-refractivity contribution is 5.95. The minimum atomic E-state index is -0.530. The number of rotatable bonds is 8. The molecule has 0 saturated carbocycles. The average Bonchev–Trinajstić information content (AvgIpc) is 3.06. The smallest absolute Gasteiger partial charge is 0.321 e. The Bertz CT molecular complexity index is 653. The molecule has 6 nitrogen and oxygen atoms in total. The molecule has 126 valence electrons. The van der Waals surface area contributed by atoms with Gasteiger partial charge in [-0.2, -0.15) is 0 Å². The predicted molar refractivity (Wildman–Crippen MR) is 91.0 cm³/mol. The summed E-state index contributed by atoms with van der Waals surface area (Å²) in [6.07, 6.45) is 3.14. The van der Waals surface area contributed by atoms with Crippen molar-refractivity contribution in [1.82, 2.24) is 15.5 Å². The van der Waals surface area contributed by atoms with Crippen molar-refractivity contribution in [2.45, 2.75) is 13.1 Å². The Morgan fingerprint density at radius 2 is 1.92 bits per heavy atom. The maximum Gasteiger partial charge on any atom is 0.321 e. The van der Waals surface area contributed by atoms with Gasteiger partial charge in [-0.3, -0.25) is 15.0 Å². The van der Waals surface area contributed by atoms with E-state index in [2.05, 4.69) is 17.2 Å². The Morgan fingerprint density at radius 1 is 1.12 bits per heavy atom. The van der Waals surface area contributed by atoms with Crippen LogP contribution in [0.15, 0.2) is 65.8 Å². The summed E-state index contributed by atoms with van der Waals surface area (Å²) in [5.74, 6) is 0.383. The summed E-state index contributed by atoms with van der Waals surface area (Å²) >= 11 is 0. The Kier molecular flexibility index (Phi) is 6.79. The first kappa shape index (κ1) is 17.5. The monoisotopic (exact) mass is 327 g/mol. The van der Waals surface area contributed by atoms with Crippen molar-refractivity contribution in [3.8, 4) is 0 Å². The number of imide groups is 1. The second-order valence-electron chi connectivity index (χ2n) is 5.26. The van der Waals surface area contributed by atoms with Crippen LogP contribution < -0.4 is 10.6 Å². The van der Waals surface area contributed by atoms with E-state index in [9.17, 15) is 9.59 Å². The molecule has 0 spiro atoms. The highest BCUT2D eigenvalue weighted by atomic mass is 16.3. The summed E-state index contributed by atoms with van der Waals surface area (Å²) in [7, 11) is 0. The largest absolute Gasteiger partial charge is 0.468 e. The molecule has 0 aliphatic carbocycles. The molecule has 1 aromatic heterocycles. The van der Waals surface area contributed by atoms with Crippen LogP contribution in [0.25, 0.3) is 0 Å². The Labute approximate surface area is 141 Å². The molecule has 0 aliphatic rings. The highest BCUT2D eigenvalue weighted by Gasteiger charge is 2.15. The minimum absolute atomic E-state index is 0.0805. The lowest BCUT2D eigenvalue weighted by Crippen LogP contribution is -2.44. The van der Waals surface area contributed by atoms with Crippen LogP contribution in [-0.4, -0.2) is 29.9 Å². The van der Waals surface area contributed by atoms with Crippen LogP contribution >= 0.6 is 0 Å². The van der Waals surface area contributed by atoms with Gasteiger partial charge >= 0.3 is 6.03 Å². The van der Waals surface area contributed by atoms with E-state index in [1.54, 1.807) is 18.4 Å². The third kappa shape index (κ3) is 6.10. The summed E-state index contributed by atoms with van der Waals surface area (Å²) < 4.78 is 5.35. The highest BCUT2D eigenvalue weighted by Crippen LogP contribution is 2.10. The number of carbonyl (C=O) groups is 2. The first-order valence-corrected chi connectivity index (χ1v) is 7.64. The van der Waals surface area contributed by atoms with Gasteiger partial charge in [0.1, 0.15) is 5.76 Å². The quantitative estimate of drug-likeness (QED) is 0.730. The standard InChI is InChI=1S/C18H21N3O3/c1-2-10-19-18(23)20-17(22)14-21(13-16-9-6-11-24-16)12-15-7-4-3-5-8-15/h2-9,11H,1,10,12-14H2,(H2,19,20,22,23). The van der Waals surface area contributed by atoms with Crippen molar-refractivity contribution in [3.05, 3.63) is 72.7 Å². The second-order valence-corrected chi connectivity index (χ2v) is 5.26. The fourth-order valence-corrected chi connectivity index (χ4v) is 2.21. The molecule has 2 aromatic rings. The molecule has 2 rings (SSSR count). The van der Waals surface area contributed by atoms with Crippen LogP contribution in [0.5, 0.6) is 0 Å². The Morgan fingerprint density at radius 3 is 2.58 bits per heavy atom. The lowest BCUT2D eigenvalue weighted by Gasteiger charge is -2.20. The van der Waals surface area contributed by atoms with Crippen LogP contribution in [0.3, 0.4) is 0 Å². The maximum atomic E-state index is 12.1. The number of furan rings is 1. The third-order valence-electron chi connectivity index (χ3n) is 3.24. The molecule has 1 heterocycles. The van der Waals surface area contributed by atoms with Crippen LogP contribution in [0.4, 0.5) is 4.79 Å². The van der Waals surface area contributed by atoms with E-state index in [1.165, 1.54) is 0 Å². The van der Waals surface area contributed by atoms with Crippen LogP contribution in [0.1, 0.15) is 11.3 Å². The number of urea groups is 1. The number of hydrogen-bond donors (Lipinski definition) is 2. The van der Waals surface area contributed by atoms with Gasteiger partial charge in [-0.1, -0.05) is 36.4 Å². The van der Waals surface area contributed by atoms with Crippen molar-refractivity contribution in [1.29, 1.82) is 0 Å². The number of amides is 3. The number of benzene rings is 1. The molecule has 0 radical (unpaired) electrons. The van der Waals surface area contributed by atoms with Crippen molar-refractivity contribution in [2.24, 2.45) is 0 Å². The number of nitrogens with one attached hydrogen (secondary N) is 2. The summed E-state index contributed by atoms with van der Waals surface area (Å²) in [6.45, 7) is 4.94. The maximum absolute atomic E-state index is 12.1. The van der Waals surface area contributed by atoms with E-state index in [-0.39, 0.29) is 12.5 Å². The summed E-state index contributed by atoms with van der Waals surface area (Å²) in [6, 6.07) is 12.9. The van der Waals surface area contributed by atoms with Gasteiger partial charge in [0.05, 0.1) is 19.4 Å². The van der Waals surface area contributed by atoms with Gasteiger partial charge in [0.15, 0.2) is 0 Å². The van der Waals surface area contributed by atoms with E-state index < -0.39 is 6.03 Å². The molecule has 0 aliphatic heterocycles.